The highest BCUT2D eigenvalue weighted by molar-refractivity contribution is 7.13. The van der Waals surface area contributed by atoms with E-state index in [-0.39, 0.29) is 25.4 Å². The summed E-state index contributed by atoms with van der Waals surface area (Å²) in [5, 5.41) is 4.52. The first-order valence-electron chi connectivity index (χ1n) is 7.99. The molecule has 138 valence electrons. The number of anilines is 1. The van der Waals surface area contributed by atoms with E-state index in [2.05, 4.69) is 15.0 Å². The highest BCUT2D eigenvalue weighted by Crippen LogP contribution is 2.19. The molecule has 0 aliphatic heterocycles. The number of hydrogen-bond acceptors (Lipinski definition) is 7. The first-order chi connectivity index (χ1) is 12.5. The normalized spacial score (nSPS) is 11.5. The van der Waals surface area contributed by atoms with Gasteiger partial charge < -0.3 is 9.47 Å². The maximum absolute atomic E-state index is 11.9. The highest BCUT2D eigenvalue weighted by Gasteiger charge is 2.15. The molecule has 8 heteroatoms. The molecule has 0 saturated carbocycles. The zero-order valence-corrected chi connectivity index (χ0v) is 15.4. The second-order valence-electron chi connectivity index (χ2n) is 5.62. The van der Waals surface area contributed by atoms with Crippen molar-refractivity contribution in [3.8, 4) is 0 Å². The number of esters is 2. The first kappa shape index (κ1) is 19.6. The Bertz CT molecular complexity index is 760. The van der Waals surface area contributed by atoms with Gasteiger partial charge in [0, 0.05) is 5.38 Å². The van der Waals surface area contributed by atoms with Gasteiger partial charge in [0.05, 0.1) is 25.6 Å². The van der Waals surface area contributed by atoms with Gasteiger partial charge in [0.1, 0.15) is 0 Å². The van der Waals surface area contributed by atoms with Crippen LogP contribution in [0.5, 0.6) is 0 Å². The Balaban J connectivity index is 1.74. The van der Waals surface area contributed by atoms with Crippen LogP contribution in [-0.4, -0.2) is 36.5 Å². The number of carbonyl (C=O) groups is 3. The summed E-state index contributed by atoms with van der Waals surface area (Å²) in [6.45, 7) is 1.54. The lowest BCUT2D eigenvalue weighted by atomic mass is 9.98. The topological polar surface area (TPSA) is 94.6 Å². The average Bonchev–Trinajstić information content (AvgIpc) is 3.07. The number of methoxy groups -OCH3 is 1. The van der Waals surface area contributed by atoms with Crippen molar-refractivity contribution in [3.63, 3.8) is 0 Å². The monoisotopic (exact) mass is 376 g/mol. The molecule has 26 heavy (non-hydrogen) atoms. The van der Waals surface area contributed by atoms with Gasteiger partial charge in [-0.1, -0.05) is 37.3 Å². The molecule has 1 aromatic carbocycles. The molecule has 0 aliphatic rings. The predicted octanol–water partition coefficient (Wildman–Crippen LogP) is 2.53. The van der Waals surface area contributed by atoms with Gasteiger partial charge in [0.2, 0.25) is 0 Å². The first-order valence-corrected chi connectivity index (χ1v) is 8.87. The summed E-state index contributed by atoms with van der Waals surface area (Å²) in [5.74, 6) is -1.33. The number of carbonyl (C=O) groups excluding carboxylic acids is 3. The average molecular weight is 376 g/mol. The molecule has 0 aliphatic carbocycles. The van der Waals surface area contributed by atoms with Gasteiger partial charge in [-0.25, -0.2) is 4.98 Å². The van der Waals surface area contributed by atoms with Crippen LogP contribution in [0.1, 0.15) is 30.5 Å². The number of thiazole rings is 1. The Kier molecular flexibility index (Phi) is 7.28. The SMILES string of the molecule is COC(=O)Cc1csc(NC(=O)COC(=O)C[C@@H](C)c2ccccc2)n1. The van der Waals surface area contributed by atoms with Crippen LogP contribution in [-0.2, 0) is 30.3 Å². The van der Waals surface area contributed by atoms with E-state index in [0.29, 0.717) is 10.8 Å². The number of ether oxygens (including phenoxy) is 2. The number of aromatic nitrogens is 1. The predicted molar refractivity (Wildman–Crippen MR) is 96.9 cm³/mol. The van der Waals surface area contributed by atoms with Gasteiger partial charge in [0.15, 0.2) is 11.7 Å². The van der Waals surface area contributed by atoms with Gasteiger partial charge in [0.25, 0.3) is 5.91 Å². The molecular formula is C18H20N2O5S. The summed E-state index contributed by atoms with van der Waals surface area (Å²) in [5.41, 5.74) is 1.54. The second kappa shape index (κ2) is 9.67. The fourth-order valence-corrected chi connectivity index (χ4v) is 2.90. The van der Waals surface area contributed by atoms with Crippen LogP contribution in [0.15, 0.2) is 35.7 Å². The summed E-state index contributed by atoms with van der Waals surface area (Å²) < 4.78 is 9.56. The maximum atomic E-state index is 11.9. The number of nitrogens with zero attached hydrogens (tertiary/aromatic N) is 1. The minimum atomic E-state index is -0.482. The minimum absolute atomic E-state index is 0.00611. The molecule has 2 rings (SSSR count). The van der Waals surface area contributed by atoms with Crippen molar-refractivity contribution < 1.29 is 23.9 Å². The third-order valence-corrected chi connectivity index (χ3v) is 4.36. The van der Waals surface area contributed by atoms with Crippen molar-refractivity contribution in [1.29, 1.82) is 0 Å². The van der Waals surface area contributed by atoms with Crippen molar-refractivity contribution in [2.45, 2.75) is 25.7 Å². The fourth-order valence-electron chi connectivity index (χ4n) is 2.18. The molecule has 1 aromatic heterocycles. The summed E-state index contributed by atoms with van der Waals surface area (Å²) >= 11 is 1.18. The Morgan fingerprint density at radius 3 is 2.62 bits per heavy atom. The van der Waals surface area contributed by atoms with Crippen molar-refractivity contribution in [2.24, 2.45) is 0 Å². The highest BCUT2D eigenvalue weighted by atomic mass is 32.1. The number of rotatable bonds is 8. The molecule has 0 radical (unpaired) electrons. The molecule has 1 N–H and O–H groups in total. The third kappa shape index (κ3) is 6.29. The molecule has 7 nitrogen and oxygen atoms in total. The molecule has 0 unspecified atom stereocenters. The largest absolute Gasteiger partial charge is 0.469 e. The zero-order chi connectivity index (χ0) is 18.9. The lowest BCUT2D eigenvalue weighted by Crippen LogP contribution is -2.21. The summed E-state index contributed by atoms with van der Waals surface area (Å²) in [6.07, 6.45) is 0.229. The molecule has 0 bridgehead atoms. The summed E-state index contributed by atoms with van der Waals surface area (Å²) in [6, 6.07) is 9.62. The van der Waals surface area contributed by atoms with Gasteiger partial charge in [-0.05, 0) is 11.5 Å². The van der Waals surface area contributed by atoms with E-state index < -0.39 is 17.8 Å². The van der Waals surface area contributed by atoms with Crippen LogP contribution in [0.3, 0.4) is 0 Å². The summed E-state index contributed by atoms with van der Waals surface area (Å²) in [4.78, 5) is 39.0. The quantitative estimate of drug-likeness (QED) is 0.712. The molecular weight excluding hydrogens is 356 g/mol. The number of hydrogen-bond donors (Lipinski definition) is 1. The van der Waals surface area contributed by atoms with E-state index >= 15 is 0 Å². The molecule has 1 amide bonds. The zero-order valence-electron chi connectivity index (χ0n) is 14.6. The van der Waals surface area contributed by atoms with Crippen LogP contribution in [0.4, 0.5) is 5.13 Å². The lowest BCUT2D eigenvalue weighted by Gasteiger charge is -2.11. The molecule has 0 saturated heterocycles. The van der Waals surface area contributed by atoms with Crippen LogP contribution in [0.2, 0.25) is 0 Å². The Hall–Kier alpha value is -2.74. The summed E-state index contributed by atoms with van der Waals surface area (Å²) in [7, 11) is 1.30. The number of nitrogens with one attached hydrogen (secondary N) is 1. The fraction of sp³-hybridized carbons (Fsp3) is 0.333. The van der Waals surface area contributed by atoms with Crippen LogP contribution in [0, 0.1) is 0 Å². The minimum Gasteiger partial charge on any atom is -0.469 e. The second-order valence-corrected chi connectivity index (χ2v) is 6.48. The molecule has 1 atom stereocenters. The van der Waals surface area contributed by atoms with Gasteiger partial charge in [-0.3, -0.25) is 19.7 Å². The standard InChI is InChI=1S/C18H20N2O5S/c1-12(13-6-4-3-5-7-13)8-17(23)25-10-15(21)20-18-19-14(11-26-18)9-16(22)24-2/h3-7,11-12H,8-10H2,1-2H3,(H,19,20,21)/t12-/m1/s1. The van der Waals surface area contributed by atoms with E-state index in [1.165, 1.54) is 18.4 Å². The van der Waals surface area contributed by atoms with E-state index in [1.807, 2.05) is 37.3 Å². The van der Waals surface area contributed by atoms with E-state index in [0.717, 1.165) is 5.56 Å². The Morgan fingerprint density at radius 1 is 1.19 bits per heavy atom. The molecule has 2 aromatic rings. The van der Waals surface area contributed by atoms with Gasteiger partial charge in [-0.15, -0.1) is 11.3 Å². The van der Waals surface area contributed by atoms with Crippen molar-refractivity contribution in [2.75, 3.05) is 19.0 Å². The van der Waals surface area contributed by atoms with Gasteiger partial charge in [-0.2, -0.15) is 0 Å². The lowest BCUT2D eigenvalue weighted by molar-refractivity contribution is -0.147. The maximum Gasteiger partial charge on any atom is 0.311 e. The van der Waals surface area contributed by atoms with E-state index in [4.69, 9.17) is 4.74 Å². The number of benzene rings is 1. The molecule has 0 spiro atoms. The van der Waals surface area contributed by atoms with Crippen molar-refractivity contribution >= 4 is 34.3 Å². The number of amides is 1. The van der Waals surface area contributed by atoms with E-state index in [1.54, 1.807) is 5.38 Å². The Labute approximate surface area is 155 Å². The van der Waals surface area contributed by atoms with Crippen LogP contribution >= 0.6 is 11.3 Å². The van der Waals surface area contributed by atoms with Crippen molar-refractivity contribution in [3.05, 3.63) is 47.0 Å². The van der Waals surface area contributed by atoms with Crippen LogP contribution < -0.4 is 5.32 Å². The smallest absolute Gasteiger partial charge is 0.311 e. The van der Waals surface area contributed by atoms with E-state index in [9.17, 15) is 14.4 Å². The third-order valence-electron chi connectivity index (χ3n) is 3.56. The molecule has 0 fully saturated rings. The van der Waals surface area contributed by atoms with Crippen LogP contribution in [0.25, 0.3) is 0 Å². The molecule has 1 heterocycles. The Morgan fingerprint density at radius 2 is 1.92 bits per heavy atom. The van der Waals surface area contributed by atoms with Gasteiger partial charge >= 0.3 is 11.9 Å². The van der Waals surface area contributed by atoms with Crippen molar-refractivity contribution in [1.82, 2.24) is 4.98 Å².